The molecule has 0 aliphatic rings. The fourth-order valence-corrected chi connectivity index (χ4v) is 2.87. The number of hydrogen-bond acceptors (Lipinski definition) is 3. The van der Waals surface area contributed by atoms with Crippen molar-refractivity contribution in [2.75, 3.05) is 0 Å². The third-order valence-electron chi connectivity index (χ3n) is 4.04. The van der Waals surface area contributed by atoms with E-state index in [0.29, 0.717) is 10.9 Å². The van der Waals surface area contributed by atoms with E-state index in [1.54, 1.807) is 24.4 Å². The molecule has 1 heterocycles. The Morgan fingerprint density at radius 1 is 1.09 bits per heavy atom. The van der Waals surface area contributed by atoms with Crippen LogP contribution in [0.15, 0.2) is 54.7 Å². The largest absolute Gasteiger partial charge is 0.476 e. The lowest BCUT2D eigenvalue weighted by Gasteiger charge is -2.16. The van der Waals surface area contributed by atoms with Gasteiger partial charge in [-0.15, -0.1) is 0 Å². The van der Waals surface area contributed by atoms with E-state index in [2.05, 4.69) is 11.1 Å². The van der Waals surface area contributed by atoms with Gasteiger partial charge in [0.2, 0.25) is 0 Å². The topological polar surface area (TPSA) is 74.0 Å². The summed E-state index contributed by atoms with van der Waals surface area (Å²) in [6.07, 6.45) is 1.60. The van der Waals surface area contributed by atoms with E-state index in [1.165, 1.54) is 0 Å². The van der Waals surface area contributed by atoms with Crippen molar-refractivity contribution >= 4 is 16.7 Å². The van der Waals surface area contributed by atoms with Crippen LogP contribution >= 0.6 is 0 Å². The number of nitrogens with zero attached hydrogens (tertiary/aromatic N) is 2. The lowest BCUT2D eigenvalue weighted by Crippen LogP contribution is -2.06. The highest BCUT2D eigenvalue weighted by Crippen LogP contribution is 2.32. The van der Waals surface area contributed by atoms with Gasteiger partial charge in [0.1, 0.15) is 0 Å². The highest BCUT2D eigenvalue weighted by atomic mass is 16.4. The van der Waals surface area contributed by atoms with Crippen LogP contribution in [0.2, 0.25) is 0 Å². The van der Waals surface area contributed by atoms with Crippen molar-refractivity contribution in [1.29, 1.82) is 5.26 Å². The molecule has 0 aliphatic heterocycles. The lowest BCUT2D eigenvalue weighted by molar-refractivity contribution is 0.0693. The highest BCUT2D eigenvalue weighted by Gasteiger charge is 2.18. The Kier molecular flexibility index (Phi) is 3.78. The van der Waals surface area contributed by atoms with E-state index in [1.807, 2.05) is 37.3 Å². The Labute approximate surface area is 133 Å². The van der Waals surface area contributed by atoms with Gasteiger partial charge in [0.05, 0.1) is 11.6 Å². The van der Waals surface area contributed by atoms with Gasteiger partial charge in [-0.25, -0.2) is 9.78 Å². The minimum atomic E-state index is -1.04. The first-order valence-corrected chi connectivity index (χ1v) is 7.23. The van der Waals surface area contributed by atoms with Crippen molar-refractivity contribution in [1.82, 2.24) is 4.98 Å². The number of hydrogen-bond donors (Lipinski definition) is 1. The van der Waals surface area contributed by atoms with Crippen molar-refractivity contribution in [2.45, 2.75) is 12.8 Å². The molecule has 1 atom stereocenters. The Hall–Kier alpha value is -3.19. The van der Waals surface area contributed by atoms with Crippen LogP contribution in [0.4, 0.5) is 0 Å². The summed E-state index contributed by atoms with van der Waals surface area (Å²) >= 11 is 0. The molecule has 112 valence electrons. The Morgan fingerprint density at radius 2 is 1.74 bits per heavy atom. The average molecular weight is 302 g/mol. The van der Waals surface area contributed by atoms with E-state index in [-0.39, 0.29) is 11.6 Å². The maximum atomic E-state index is 11.4. The van der Waals surface area contributed by atoms with E-state index < -0.39 is 5.97 Å². The Morgan fingerprint density at radius 3 is 2.43 bits per heavy atom. The third-order valence-corrected chi connectivity index (χ3v) is 4.04. The van der Waals surface area contributed by atoms with Crippen LogP contribution in [-0.4, -0.2) is 16.1 Å². The van der Waals surface area contributed by atoms with E-state index in [0.717, 1.165) is 16.5 Å². The molecule has 0 fully saturated rings. The molecular weight excluding hydrogens is 288 g/mol. The summed E-state index contributed by atoms with van der Waals surface area (Å²) < 4.78 is 0. The van der Waals surface area contributed by atoms with Crippen LogP contribution in [-0.2, 0) is 0 Å². The quantitative estimate of drug-likeness (QED) is 0.794. The average Bonchev–Trinajstić information content (AvgIpc) is 2.60. The van der Waals surface area contributed by atoms with Gasteiger partial charge in [-0.2, -0.15) is 5.26 Å². The molecular formula is C19H14N2O2. The van der Waals surface area contributed by atoms with Crippen LogP contribution in [0.5, 0.6) is 0 Å². The molecule has 0 spiro atoms. The number of rotatable bonds is 3. The summed E-state index contributed by atoms with van der Waals surface area (Å²) in [5, 5.41) is 20.1. The maximum Gasteiger partial charge on any atom is 0.355 e. The zero-order valence-corrected chi connectivity index (χ0v) is 12.5. The van der Waals surface area contributed by atoms with Gasteiger partial charge in [0.25, 0.3) is 0 Å². The van der Waals surface area contributed by atoms with E-state index in [9.17, 15) is 15.2 Å². The predicted octanol–water partition coefficient (Wildman–Crippen LogP) is 3.96. The number of carbonyl (C=O) groups is 1. The van der Waals surface area contributed by atoms with Crippen LogP contribution in [0, 0.1) is 11.3 Å². The van der Waals surface area contributed by atoms with Crippen LogP contribution < -0.4 is 0 Å². The molecule has 0 bridgehead atoms. The number of fused-ring (bicyclic) bond motifs is 1. The first-order chi connectivity index (χ1) is 11.1. The normalized spacial score (nSPS) is 11.8. The van der Waals surface area contributed by atoms with Crippen LogP contribution in [0.1, 0.15) is 40.0 Å². The zero-order valence-electron chi connectivity index (χ0n) is 12.5. The van der Waals surface area contributed by atoms with Crippen molar-refractivity contribution in [3.63, 3.8) is 0 Å². The number of carboxylic acid groups (broad SMARTS) is 1. The predicted molar refractivity (Wildman–Crippen MR) is 87.4 cm³/mol. The number of aromatic carboxylic acids is 1. The second-order valence-corrected chi connectivity index (χ2v) is 5.33. The smallest absolute Gasteiger partial charge is 0.355 e. The second-order valence-electron chi connectivity index (χ2n) is 5.33. The van der Waals surface area contributed by atoms with E-state index >= 15 is 0 Å². The van der Waals surface area contributed by atoms with Crippen LogP contribution in [0.3, 0.4) is 0 Å². The van der Waals surface area contributed by atoms with Crippen molar-refractivity contribution < 1.29 is 9.90 Å². The fourth-order valence-electron chi connectivity index (χ4n) is 2.87. The molecule has 3 rings (SSSR count). The molecule has 0 saturated carbocycles. The SMILES string of the molecule is CC(c1ccccc1C#N)c1cnc(C(=O)O)c2ccccc12. The summed E-state index contributed by atoms with van der Waals surface area (Å²) in [7, 11) is 0. The van der Waals surface area contributed by atoms with Gasteiger partial charge in [-0.3, -0.25) is 0 Å². The molecule has 1 aromatic heterocycles. The van der Waals surface area contributed by atoms with Gasteiger partial charge in [0.15, 0.2) is 5.69 Å². The maximum absolute atomic E-state index is 11.4. The Balaban J connectivity index is 2.23. The molecule has 0 radical (unpaired) electrons. The number of carboxylic acids is 1. The molecule has 3 aromatic rings. The second kappa shape index (κ2) is 5.90. The minimum absolute atomic E-state index is 0.0464. The van der Waals surface area contributed by atoms with Crippen molar-refractivity contribution in [3.05, 3.63) is 77.1 Å². The molecule has 23 heavy (non-hydrogen) atoms. The first-order valence-electron chi connectivity index (χ1n) is 7.23. The summed E-state index contributed by atoms with van der Waals surface area (Å²) in [6, 6.07) is 17.0. The lowest BCUT2D eigenvalue weighted by atomic mass is 9.88. The van der Waals surface area contributed by atoms with Gasteiger partial charge in [0, 0.05) is 17.5 Å². The number of aromatic nitrogens is 1. The summed E-state index contributed by atoms with van der Waals surface area (Å²) in [5.41, 5.74) is 2.48. The molecule has 1 unspecified atom stereocenters. The molecule has 0 aliphatic carbocycles. The molecule has 4 nitrogen and oxygen atoms in total. The summed E-state index contributed by atoms with van der Waals surface area (Å²) in [5.74, 6) is -1.11. The fraction of sp³-hybridized carbons (Fsp3) is 0.105. The van der Waals surface area contributed by atoms with Crippen molar-refractivity contribution in [3.8, 4) is 6.07 Å². The first kappa shape index (κ1) is 14.7. The van der Waals surface area contributed by atoms with Gasteiger partial charge < -0.3 is 5.11 Å². The molecule has 0 saturated heterocycles. The van der Waals surface area contributed by atoms with Crippen LogP contribution in [0.25, 0.3) is 10.8 Å². The highest BCUT2D eigenvalue weighted by molar-refractivity contribution is 6.02. The standard InChI is InChI=1S/C19H14N2O2/c1-12(14-7-3-2-6-13(14)10-20)17-11-21-18(19(22)23)16-9-5-4-8-15(16)17/h2-9,11-12H,1H3,(H,22,23). The molecule has 1 N–H and O–H groups in total. The molecule has 2 aromatic carbocycles. The van der Waals surface area contributed by atoms with Crippen molar-refractivity contribution in [2.24, 2.45) is 0 Å². The van der Waals surface area contributed by atoms with Gasteiger partial charge in [-0.1, -0.05) is 49.4 Å². The Bertz CT molecular complexity index is 941. The number of pyridine rings is 1. The monoisotopic (exact) mass is 302 g/mol. The van der Waals surface area contributed by atoms with Gasteiger partial charge in [-0.05, 0) is 22.6 Å². The summed E-state index contributed by atoms with van der Waals surface area (Å²) in [6.45, 7) is 2.00. The third kappa shape index (κ3) is 2.53. The zero-order chi connectivity index (χ0) is 16.4. The molecule has 0 amide bonds. The number of nitriles is 1. The van der Waals surface area contributed by atoms with Gasteiger partial charge >= 0.3 is 5.97 Å². The number of benzene rings is 2. The summed E-state index contributed by atoms with van der Waals surface area (Å²) in [4.78, 5) is 15.5. The molecule has 4 heteroatoms. The minimum Gasteiger partial charge on any atom is -0.476 e. The van der Waals surface area contributed by atoms with E-state index in [4.69, 9.17) is 0 Å².